The number of benzene rings is 3. The van der Waals surface area contributed by atoms with E-state index in [1.165, 1.54) is 6.07 Å². The van der Waals surface area contributed by atoms with Gasteiger partial charge in [-0.1, -0.05) is 30.3 Å². The van der Waals surface area contributed by atoms with E-state index in [0.717, 1.165) is 11.8 Å². The molecule has 9 heteroatoms. The molecule has 0 atom stereocenters. The summed E-state index contributed by atoms with van der Waals surface area (Å²) in [5.41, 5.74) is 2.31. The van der Waals surface area contributed by atoms with Crippen LogP contribution in [-0.2, 0) is 22.1 Å². The third-order valence-electron chi connectivity index (χ3n) is 4.93. The van der Waals surface area contributed by atoms with Crippen molar-refractivity contribution in [1.82, 2.24) is 5.32 Å². The Morgan fingerprint density at radius 1 is 0.879 bits per heavy atom. The summed E-state index contributed by atoms with van der Waals surface area (Å²) >= 11 is 0. The van der Waals surface area contributed by atoms with Crippen LogP contribution in [0.15, 0.2) is 66.7 Å². The molecule has 2 N–H and O–H groups in total. The van der Waals surface area contributed by atoms with E-state index in [1.54, 1.807) is 54.6 Å². The zero-order valence-electron chi connectivity index (χ0n) is 17.8. The molecular weight excluding hydrogens is 444 g/mol. The highest BCUT2D eigenvalue weighted by molar-refractivity contribution is 7.89. The second-order valence-corrected chi connectivity index (χ2v) is 9.78. The van der Waals surface area contributed by atoms with E-state index >= 15 is 0 Å². The molecule has 0 spiro atoms. The van der Waals surface area contributed by atoms with E-state index in [9.17, 15) is 18.0 Å². The third-order valence-corrected chi connectivity index (χ3v) is 5.79. The van der Waals surface area contributed by atoms with Gasteiger partial charge in [0.1, 0.15) is 0 Å². The molecule has 1 heterocycles. The number of anilines is 1. The zero-order chi connectivity index (χ0) is 23.4. The molecule has 1 aliphatic rings. The minimum atomic E-state index is -3.23. The molecule has 0 bridgehead atoms. The second-order valence-electron chi connectivity index (χ2n) is 7.64. The number of para-hydroxylation sites is 1. The summed E-state index contributed by atoms with van der Waals surface area (Å²) in [4.78, 5) is 25.6. The largest absolute Gasteiger partial charge is 0.454 e. The van der Waals surface area contributed by atoms with E-state index in [-0.39, 0.29) is 25.0 Å². The average Bonchev–Trinajstić information content (AvgIpc) is 3.25. The van der Waals surface area contributed by atoms with Crippen LogP contribution >= 0.6 is 0 Å². The Hall–Kier alpha value is -3.85. The summed E-state index contributed by atoms with van der Waals surface area (Å²) in [7, 11) is -3.23. The minimum absolute atomic E-state index is 0.160. The monoisotopic (exact) mass is 466 g/mol. The Morgan fingerprint density at radius 3 is 2.48 bits per heavy atom. The highest BCUT2D eigenvalue weighted by Crippen LogP contribution is 2.32. The van der Waals surface area contributed by atoms with Gasteiger partial charge in [-0.05, 0) is 47.5 Å². The molecule has 0 radical (unpaired) electrons. The van der Waals surface area contributed by atoms with E-state index < -0.39 is 15.7 Å². The molecule has 170 valence electrons. The number of ether oxygens (including phenoxy) is 2. The summed E-state index contributed by atoms with van der Waals surface area (Å²) in [6.45, 7) is 0.445. The maximum atomic E-state index is 12.8. The van der Waals surface area contributed by atoms with Crippen molar-refractivity contribution >= 4 is 27.3 Å². The number of carbonyl (C=O) groups is 2. The van der Waals surface area contributed by atoms with Crippen LogP contribution in [0.3, 0.4) is 0 Å². The zero-order valence-corrected chi connectivity index (χ0v) is 18.6. The van der Waals surface area contributed by atoms with Crippen molar-refractivity contribution in [3.63, 3.8) is 0 Å². The molecule has 2 amide bonds. The van der Waals surface area contributed by atoms with Gasteiger partial charge in [0.25, 0.3) is 11.8 Å². The summed E-state index contributed by atoms with van der Waals surface area (Å²) in [5, 5.41) is 5.59. The Kier molecular flexibility index (Phi) is 6.32. The van der Waals surface area contributed by atoms with Crippen molar-refractivity contribution in [2.75, 3.05) is 18.4 Å². The second kappa shape index (κ2) is 9.33. The van der Waals surface area contributed by atoms with Crippen LogP contribution in [0.4, 0.5) is 5.69 Å². The lowest BCUT2D eigenvalue weighted by molar-refractivity contribution is 0.0951. The lowest BCUT2D eigenvalue weighted by atomic mass is 10.1. The lowest BCUT2D eigenvalue weighted by Crippen LogP contribution is -2.25. The van der Waals surface area contributed by atoms with Crippen LogP contribution in [-0.4, -0.2) is 33.3 Å². The summed E-state index contributed by atoms with van der Waals surface area (Å²) in [6, 6.07) is 18.5. The first-order chi connectivity index (χ1) is 15.8. The van der Waals surface area contributed by atoms with Crippen molar-refractivity contribution in [3.05, 3.63) is 89.0 Å². The van der Waals surface area contributed by atoms with Crippen molar-refractivity contribution in [1.29, 1.82) is 0 Å². The van der Waals surface area contributed by atoms with Crippen molar-refractivity contribution in [2.24, 2.45) is 0 Å². The predicted molar refractivity (Wildman–Crippen MR) is 123 cm³/mol. The number of hydrogen-bond donors (Lipinski definition) is 2. The van der Waals surface area contributed by atoms with Crippen LogP contribution in [0.5, 0.6) is 11.5 Å². The van der Waals surface area contributed by atoms with Crippen LogP contribution < -0.4 is 20.1 Å². The van der Waals surface area contributed by atoms with Crippen LogP contribution in [0.25, 0.3) is 0 Å². The van der Waals surface area contributed by atoms with Crippen molar-refractivity contribution in [2.45, 2.75) is 12.3 Å². The van der Waals surface area contributed by atoms with Gasteiger partial charge < -0.3 is 20.1 Å². The normalized spacial score (nSPS) is 12.3. The van der Waals surface area contributed by atoms with Gasteiger partial charge in [0.15, 0.2) is 21.3 Å². The minimum Gasteiger partial charge on any atom is -0.454 e. The molecule has 33 heavy (non-hydrogen) atoms. The summed E-state index contributed by atoms with van der Waals surface area (Å²) in [5.74, 6) is 0.342. The number of hydrogen-bond acceptors (Lipinski definition) is 6. The Labute approximate surface area is 191 Å². The van der Waals surface area contributed by atoms with E-state index in [4.69, 9.17) is 9.47 Å². The number of fused-ring (bicyclic) bond motifs is 1. The van der Waals surface area contributed by atoms with Gasteiger partial charge in [-0.15, -0.1) is 0 Å². The molecule has 0 unspecified atom stereocenters. The molecule has 0 saturated heterocycles. The van der Waals surface area contributed by atoms with E-state index in [0.29, 0.717) is 33.9 Å². The number of amides is 2. The SMILES string of the molecule is CS(=O)(=O)Cc1cccc(C(=O)Nc2ccccc2C(=O)NCc2ccc3c(c2)OCO3)c1. The van der Waals surface area contributed by atoms with Crippen LogP contribution in [0, 0.1) is 0 Å². The Morgan fingerprint density at radius 2 is 1.67 bits per heavy atom. The summed E-state index contributed by atoms with van der Waals surface area (Å²) < 4.78 is 33.8. The average molecular weight is 467 g/mol. The Balaban J connectivity index is 1.45. The quantitative estimate of drug-likeness (QED) is 0.554. The number of sulfone groups is 1. The third kappa shape index (κ3) is 5.69. The molecule has 0 aromatic heterocycles. The van der Waals surface area contributed by atoms with Gasteiger partial charge in [-0.25, -0.2) is 8.42 Å². The predicted octanol–water partition coefficient (Wildman–Crippen LogP) is 3.14. The van der Waals surface area contributed by atoms with Gasteiger partial charge in [0.05, 0.1) is 17.0 Å². The standard InChI is InChI=1S/C24H22N2O6S/c1-33(29,30)14-17-5-4-6-18(11-17)23(27)26-20-8-3-2-7-19(20)24(28)25-13-16-9-10-21-22(12-16)32-15-31-21/h2-12H,13-15H2,1H3,(H,25,28)(H,26,27). The number of nitrogens with one attached hydrogen (secondary N) is 2. The molecule has 0 aliphatic carbocycles. The van der Waals surface area contributed by atoms with Crippen molar-refractivity contribution in [3.8, 4) is 11.5 Å². The van der Waals surface area contributed by atoms with Crippen LogP contribution in [0.2, 0.25) is 0 Å². The maximum absolute atomic E-state index is 12.8. The molecule has 0 fully saturated rings. The highest BCUT2D eigenvalue weighted by atomic mass is 32.2. The molecule has 1 aliphatic heterocycles. The topological polar surface area (TPSA) is 111 Å². The molecular formula is C24H22N2O6S. The Bertz CT molecular complexity index is 1320. The molecule has 3 aromatic carbocycles. The fourth-order valence-electron chi connectivity index (χ4n) is 3.42. The highest BCUT2D eigenvalue weighted by Gasteiger charge is 2.16. The van der Waals surface area contributed by atoms with E-state index in [2.05, 4.69) is 10.6 Å². The van der Waals surface area contributed by atoms with Gasteiger partial charge in [-0.2, -0.15) is 0 Å². The van der Waals surface area contributed by atoms with Gasteiger partial charge in [0.2, 0.25) is 6.79 Å². The van der Waals surface area contributed by atoms with Crippen molar-refractivity contribution < 1.29 is 27.5 Å². The fraction of sp³-hybridized carbons (Fsp3) is 0.167. The first-order valence-electron chi connectivity index (χ1n) is 10.1. The molecule has 0 saturated carbocycles. The van der Waals surface area contributed by atoms with Gasteiger partial charge >= 0.3 is 0 Å². The molecule has 8 nitrogen and oxygen atoms in total. The fourth-order valence-corrected chi connectivity index (χ4v) is 4.20. The smallest absolute Gasteiger partial charge is 0.255 e. The first kappa shape index (κ1) is 22.3. The lowest BCUT2D eigenvalue weighted by Gasteiger charge is -2.12. The van der Waals surface area contributed by atoms with Gasteiger partial charge in [-0.3, -0.25) is 9.59 Å². The first-order valence-corrected chi connectivity index (χ1v) is 12.2. The number of carbonyl (C=O) groups excluding carboxylic acids is 2. The maximum Gasteiger partial charge on any atom is 0.255 e. The molecule has 4 rings (SSSR count). The summed E-state index contributed by atoms with van der Waals surface area (Å²) in [6.07, 6.45) is 1.14. The van der Waals surface area contributed by atoms with Crippen LogP contribution in [0.1, 0.15) is 31.8 Å². The molecule has 3 aromatic rings. The van der Waals surface area contributed by atoms with E-state index in [1.807, 2.05) is 6.07 Å². The number of rotatable bonds is 7. The van der Waals surface area contributed by atoms with Gasteiger partial charge in [0, 0.05) is 18.4 Å².